The Morgan fingerprint density at radius 2 is 1.74 bits per heavy atom. The van der Waals surface area contributed by atoms with E-state index in [2.05, 4.69) is 31.4 Å². The van der Waals surface area contributed by atoms with E-state index in [1.54, 1.807) is 12.1 Å². The van der Waals surface area contributed by atoms with Gasteiger partial charge in [0.15, 0.2) is 0 Å². The van der Waals surface area contributed by atoms with Gasteiger partial charge in [-0.15, -0.1) is 0 Å². The molecule has 0 heterocycles. The molecule has 4 heteroatoms. The zero-order valence-electron chi connectivity index (χ0n) is 12.3. The number of hydrogen-bond donors (Lipinski definition) is 2. The molecule has 0 saturated heterocycles. The van der Waals surface area contributed by atoms with E-state index in [0.29, 0.717) is 10.7 Å². The van der Waals surface area contributed by atoms with E-state index in [1.807, 2.05) is 26.0 Å². The number of rotatable bonds is 3. The second-order valence-electron chi connectivity index (χ2n) is 6.68. The quantitative estimate of drug-likeness (QED) is 0.830. The van der Waals surface area contributed by atoms with Gasteiger partial charge in [0, 0.05) is 5.54 Å². The van der Waals surface area contributed by atoms with Crippen molar-refractivity contribution in [2.75, 3.05) is 5.32 Å². The van der Waals surface area contributed by atoms with Crippen molar-refractivity contribution < 1.29 is 4.79 Å². The van der Waals surface area contributed by atoms with Gasteiger partial charge in [-0.1, -0.05) is 44.5 Å². The number of carbonyl (C=O) groups excluding carboxylic acids is 1. The summed E-state index contributed by atoms with van der Waals surface area (Å²) in [6, 6.07) is 6.95. The summed E-state index contributed by atoms with van der Waals surface area (Å²) in [6.45, 7) is 10.5. The molecule has 0 aromatic heterocycles. The van der Waals surface area contributed by atoms with Crippen molar-refractivity contribution in [2.45, 2.75) is 46.6 Å². The number of nitrogens with one attached hydrogen (secondary N) is 2. The summed E-state index contributed by atoms with van der Waals surface area (Å²) in [7, 11) is 0. The summed E-state index contributed by atoms with van der Waals surface area (Å²) < 4.78 is 0. The number of benzene rings is 1. The zero-order valence-corrected chi connectivity index (χ0v) is 13.1. The van der Waals surface area contributed by atoms with Crippen molar-refractivity contribution in [3.8, 4) is 0 Å². The second-order valence-corrected chi connectivity index (χ2v) is 7.09. The van der Waals surface area contributed by atoms with Gasteiger partial charge in [0.05, 0.1) is 10.7 Å². The molecular formula is C15H23ClN2O. The molecule has 0 aliphatic heterocycles. The number of halogens is 1. The Balaban J connectivity index is 2.63. The van der Waals surface area contributed by atoms with Gasteiger partial charge in [0.25, 0.3) is 0 Å². The van der Waals surface area contributed by atoms with E-state index in [0.717, 1.165) is 6.42 Å². The first-order valence-electron chi connectivity index (χ1n) is 6.43. The zero-order chi connectivity index (χ0) is 14.7. The van der Waals surface area contributed by atoms with Crippen LogP contribution in [0.4, 0.5) is 10.5 Å². The summed E-state index contributed by atoms with van der Waals surface area (Å²) in [4.78, 5) is 12.0. The number of urea groups is 1. The van der Waals surface area contributed by atoms with Crippen LogP contribution in [-0.4, -0.2) is 11.6 Å². The third-order valence-electron chi connectivity index (χ3n) is 2.55. The van der Waals surface area contributed by atoms with Crippen LogP contribution in [0.1, 0.15) is 41.0 Å². The minimum absolute atomic E-state index is 0.154. The highest BCUT2D eigenvalue weighted by Gasteiger charge is 2.27. The van der Waals surface area contributed by atoms with E-state index in [-0.39, 0.29) is 17.0 Å². The predicted octanol–water partition coefficient (Wildman–Crippen LogP) is 4.68. The predicted molar refractivity (Wildman–Crippen MR) is 81.8 cm³/mol. The molecule has 1 aromatic rings. The maximum Gasteiger partial charge on any atom is 0.319 e. The molecule has 106 valence electrons. The fourth-order valence-electron chi connectivity index (χ4n) is 2.39. The fraction of sp³-hybridized carbons (Fsp3) is 0.533. The molecule has 19 heavy (non-hydrogen) atoms. The Hall–Kier alpha value is -1.22. The molecule has 2 amide bonds. The van der Waals surface area contributed by atoms with Crippen molar-refractivity contribution in [2.24, 2.45) is 5.41 Å². The number of hydrogen-bond acceptors (Lipinski definition) is 1. The lowest BCUT2D eigenvalue weighted by molar-refractivity contribution is 0.220. The summed E-state index contributed by atoms with van der Waals surface area (Å²) in [5.41, 5.74) is 0.498. The highest BCUT2D eigenvalue weighted by Crippen LogP contribution is 2.27. The average molecular weight is 283 g/mol. The van der Waals surface area contributed by atoms with Gasteiger partial charge in [0.2, 0.25) is 0 Å². The standard InChI is InChI=1S/C15H23ClN2O/c1-14(2,3)10-15(4,5)18-13(19)17-12-9-7-6-8-11(12)16/h6-9H,10H2,1-5H3,(H2,17,18,19). The number of carbonyl (C=O) groups is 1. The van der Waals surface area contributed by atoms with Gasteiger partial charge in [-0.25, -0.2) is 4.79 Å². The van der Waals surface area contributed by atoms with Crippen LogP contribution in [0, 0.1) is 5.41 Å². The molecule has 1 aromatic carbocycles. The first-order valence-corrected chi connectivity index (χ1v) is 6.81. The van der Waals surface area contributed by atoms with Crippen molar-refractivity contribution in [1.82, 2.24) is 5.32 Å². The Morgan fingerprint density at radius 3 is 2.26 bits per heavy atom. The Morgan fingerprint density at radius 1 is 1.16 bits per heavy atom. The first kappa shape index (κ1) is 15.8. The smallest absolute Gasteiger partial charge is 0.319 e. The van der Waals surface area contributed by atoms with Crippen molar-refractivity contribution in [3.05, 3.63) is 29.3 Å². The maximum atomic E-state index is 12.0. The lowest BCUT2D eigenvalue weighted by Gasteiger charge is -2.33. The molecule has 1 rings (SSSR count). The summed E-state index contributed by atoms with van der Waals surface area (Å²) >= 11 is 6.00. The summed E-state index contributed by atoms with van der Waals surface area (Å²) in [5, 5.41) is 6.28. The van der Waals surface area contributed by atoms with Crippen LogP contribution in [0.15, 0.2) is 24.3 Å². The van der Waals surface area contributed by atoms with Crippen LogP contribution in [-0.2, 0) is 0 Å². The van der Waals surface area contributed by atoms with Crippen LogP contribution in [0.2, 0.25) is 5.02 Å². The molecule has 0 fully saturated rings. The Kier molecular flexibility index (Phi) is 4.86. The van der Waals surface area contributed by atoms with Gasteiger partial charge in [-0.3, -0.25) is 0 Å². The highest BCUT2D eigenvalue weighted by molar-refractivity contribution is 6.33. The molecule has 3 nitrogen and oxygen atoms in total. The SMILES string of the molecule is CC(C)(C)CC(C)(C)NC(=O)Nc1ccccc1Cl. The van der Waals surface area contributed by atoms with E-state index >= 15 is 0 Å². The van der Waals surface area contributed by atoms with Gasteiger partial charge in [-0.05, 0) is 37.8 Å². The van der Waals surface area contributed by atoms with Gasteiger partial charge in [-0.2, -0.15) is 0 Å². The molecule has 0 unspecified atom stereocenters. The highest BCUT2D eigenvalue weighted by atomic mass is 35.5. The van der Waals surface area contributed by atoms with Gasteiger partial charge in [0.1, 0.15) is 0 Å². The van der Waals surface area contributed by atoms with Gasteiger partial charge >= 0.3 is 6.03 Å². The molecule has 0 atom stereocenters. The molecule has 0 radical (unpaired) electrons. The number of amides is 2. The Bertz CT molecular complexity index is 450. The molecule has 2 N–H and O–H groups in total. The third kappa shape index (κ3) is 5.97. The number of para-hydroxylation sites is 1. The summed E-state index contributed by atoms with van der Waals surface area (Å²) in [6.07, 6.45) is 0.885. The van der Waals surface area contributed by atoms with Crippen LogP contribution >= 0.6 is 11.6 Å². The first-order chi connectivity index (χ1) is 8.59. The van der Waals surface area contributed by atoms with Crippen molar-refractivity contribution in [1.29, 1.82) is 0 Å². The van der Waals surface area contributed by atoms with E-state index in [4.69, 9.17) is 11.6 Å². The Labute approximate surface area is 120 Å². The maximum absolute atomic E-state index is 12.0. The second kappa shape index (κ2) is 5.83. The van der Waals surface area contributed by atoms with Crippen molar-refractivity contribution >= 4 is 23.3 Å². The minimum Gasteiger partial charge on any atom is -0.333 e. The number of anilines is 1. The topological polar surface area (TPSA) is 41.1 Å². The molecule has 0 saturated carbocycles. The molecule has 0 aliphatic carbocycles. The van der Waals surface area contributed by atoms with Crippen LogP contribution in [0.5, 0.6) is 0 Å². The van der Waals surface area contributed by atoms with Crippen LogP contribution < -0.4 is 10.6 Å². The average Bonchev–Trinajstić information content (AvgIpc) is 2.16. The van der Waals surface area contributed by atoms with Crippen LogP contribution in [0.25, 0.3) is 0 Å². The van der Waals surface area contributed by atoms with Crippen molar-refractivity contribution in [3.63, 3.8) is 0 Å². The summed E-state index contributed by atoms with van der Waals surface area (Å²) in [5.74, 6) is 0. The third-order valence-corrected chi connectivity index (χ3v) is 2.88. The van der Waals surface area contributed by atoms with Crippen LogP contribution in [0.3, 0.4) is 0 Å². The lowest BCUT2D eigenvalue weighted by Crippen LogP contribution is -2.47. The van der Waals surface area contributed by atoms with Gasteiger partial charge < -0.3 is 10.6 Å². The normalized spacial score (nSPS) is 12.1. The molecule has 0 spiro atoms. The van der Waals surface area contributed by atoms with E-state index in [9.17, 15) is 4.79 Å². The minimum atomic E-state index is -0.274. The van der Waals surface area contributed by atoms with E-state index < -0.39 is 0 Å². The van der Waals surface area contributed by atoms with E-state index in [1.165, 1.54) is 0 Å². The molecule has 0 bridgehead atoms. The molecular weight excluding hydrogens is 260 g/mol. The molecule has 0 aliphatic rings. The largest absolute Gasteiger partial charge is 0.333 e. The monoisotopic (exact) mass is 282 g/mol. The lowest BCUT2D eigenvalue weighted by atomic mass is 9.82. The fourth-order valence-corrected chi connectivity index (χ4v) is 2.58.